The molecule has 0 radical (unpaired) electrons. The highest BCUT2D eigenvalue weighted by molar-refractivity contribution is 5.04. The van der Waals surface area contributed by atoms with Gasteiger partial charge in [0.25, 0.3) is 0 Å². The van der Waals surface area contributed by atoms with E-state index in [1.54, 1.807) is 6.08 Å². The fraction of sp³-hybridized carbons (Fsp3) is 0.600. The molecule has 1 rings (SSSR count). The van der Waals surface area contributed by atoms with E-state index < -0.39 is 0 Å². The lowest BCUT2D eigenvalue weighted by molar-refractivity contribution is 0.323. The van der Waals surface area contributed by atoms with E-state index in [4.69, 9.17) is 5.11 Å². The summed E-state index contributed by atoms with van der Waals surface area (Å²) in [4.78, 5) is 0. The minimum absolute atomic E-state index is 0.278. The van der Waals surface area contributed by atoms with Crippen LogP contribution in [0.3, 0.4) is 0 Å². The van der Waals surface area contributed by atoms with E-state index in [-0.39, 0.29) is 6.61 Å². The number of aliphatic hydroxyl groups excluding tert-OH is 1. The van der Waals surface area contributed by atoms with Gasteiger partial charge in [0.1, 0.15) is 0 Å². The Morgan fingerprint density at radius 1 is 1.64 bits per heavy atom. The summed E-state index contributed by atoms with van der Waals surface area (Å²) in [6, 6.07) is 0. The zero-order valence-electron chi connectivity index (χ0n) is 7.34. The maximum absolute atomic E-state index is 8.62. The van der Waals surface area contributed by atoms with Crippen LogP contribution in [0.25, 0.3) is 0 Å². The topological polar surface area (TPSA) is 20.2 Å². The van der Waals surface area contributed by atoms with Crippen LogP contribution >= 0.6 is 0 Å². The van der Waals surface area contributed by atoms with E-state index >= 15 is 0 Å². The van der Waals surface area contributed by atoms with Crippen molar-refractivity contribution in [2.24, 2.45) is 0 Å². The van der Waals surface area contributed by atoms with E-state index in [1.807, 2.05) is 6.92 Å². The molecular formula is C10H18O. The Balaban J connectivity index is 0.000000292. The average Bonchev–Trinajstić information content (AvgIpc) is 2.08. The van der Waals surface area contributed by atoms with Gasteiger partial charge in [-0.25, -0.2) is 0 Å². The van der Waals surface area contributed by atoms with Gasteiger partial charge in [-0.15, -0.1) is 6.58 Å². The van der Waals surface area contributed by atoms with Gasteiger partial charge in [-0.2, -0.15) is 0 Å². The van der Waals surface area contributed by atoms with Crippen LogP contribution in [0.1, 0.15) is 32.6 Å². The molecule has 0 saturated heterocycles. The monoisotopic (exact) mass is 154 g/mol. The molecule has 1 aliphatic carbocycles. The van der Waals surface area contributed by atoms with Gasteiger partial charge in [0, 0.05) is 0 Å². The predicted molar refractivity (Wildman–Crippen MR) is 49.5 cm³/mol. The highest BCUT2D eigenvalue weighted by Crippen LogP contribution is 2.15. The Morgan fingerprint density at radius 3 is 2.55 bits per heavy atom. The lowest BCUT2D eigenvalue weighted by atomic mass is 10.0. The third-order valence-corrected chi connectivity index (χ3v) is 1.59. The van der Waals surface area contributed by atoms with Crippen LogP contribution in [0.15, 0.2) is 24.3 Å². The van der Waals surface area contributed by atoms with Gasteiger partial charge < -0.3 is 5.11 Å². The molecule has 0 unspecified atom stereocenters. The van der Waals surface area contributed by atoms with Crippen LogP contribution in [-0.4, -0.2) is 11.7 Å². The van der Waals surface area contributed by atoms with Gasteiger partial charge in [-0.1, -0.05) is 12.2 Å². The van der Waals surface area contributed by atoms with Crippen molar-refractivity contribution in [1.82, 2.24) is 0 Å². The van der Waals surface area contributed by atoms with Crippen molar-refractivity contribution < 1.29 is 5.11 Å². The normalized spacial score (nSPS) is 16.0. The first-order valence-corrected chi connectivity index (χ1v) is 4.21. The molecule has 1 nitrogen and oxygen atoms in total. The van der Waals surface area contributed by atoms with E-state index in [0.717, 1.165) is 6.42 Å². The predicted octanol–water partition coefficient (Wildman–Crippen LogP) is 2.67. The number of hydrogen-bond donors (Lipinski definition) is 1. The highest BCUT2D eigenvalue weighted by Gasteiger charge is 1.99. The number of allylic oxidation sites excluding steroid dienone is 2. The molecule has 0 saturated carbocycles. The van der Waals surface area contributed by atoms with Crippen molar-refractivity contribution in [3.8, 4) is 0 Å². The second kappa shape index (κ2) is 7.55. The first-order chi connectivity index (χ1) is 5.35. The van der Waals surface area contributed by atoms with Gasteiger partial charge in [0.2, 0.25) is 0 Å². The molecule has 11 heavy (non-hydrogen) atoms. The van der Waals surface area contributed by atoms with E-state index in [0.29, 0.717) is 0 Å². The van der Waals surface area contributed by atoms with Gasteiger partial charge in [0.15, 0.2) is 0 Å². The molecule has 0 heterocycles. The van der Waals surface area contributed by atoms with Crippen LogP contribution in [0.2, 0.25) is 0 Å². The second-order valence-electron chi connectivity index (χ2n) is 2.67. The minimum Gasteiger partial charge on any atom is -0.392 e. The summed E-state index contributed by atoms with van der Waals surface area (Å²) < 4.78 is 0. The van der Waals surface area contributed by atoms with Crippen LogP contribution in [0.5, 0.6) is 0 Å². The Bertz CT molecular complexity index is 125. The molecule has 0 aliphatic heterocycles. The molecule has 0 aromatic rings. The lowest BCUT2D eigenvalue weighted by Gasteiger charge is -2.08. The molecule has 0 fully saturated rings. The van der Waals surface area contributed by atoms with Crippen molar-refractivity contribution in [1.29, 1.82) is 0 Å². The van der Waals surface area contributed by atoms with Crippen LogP contribution < -0.4 is 0 Å². The number of rotatable bonds is 1. The average molecular weight is 154 g/mol. The highest BCUT2D eigenvalue weighted by atomic mass is 16.3. The molecule has 0 aromatic carbocycles. The first kappa shape index (κ1) is 10.4. The summed E-state index contributed by atoms with van der Waals surface area (Å²) in [6.07, 6.45) is 8.78. The molecule has 0 amide bonds. The summed E-state index contributed by atoms with van der Waals surface area (Å²) in [5.74, 6) is 0. The summed E-state index contributed by atoms with van der Waals surface area (Å²) in [5, 5.41) is 8.62. The van der Waals surface area contributed by atoms with E-state index in [1.165, 1.54) is 24.8 Å². The van der Waals surface area contributed by atoms with Crippen LogP contribution in [-0.2, 0) is 0 Å². The number of aliphatic hydroxyl groups is 1. The zero-order valence-corrected chi connectivity index (χ0v) is 7.34. The maximum Gasteiger partial charge on any atom is 0.0641 e. The summed E-state index contributed by atoms with van der Waals surface area (Å²) in [6.45, 7) is 5.53. The molecule has 1 N–H and O–H groups in total. The maximum atomic E-state index is 8.62. The minimum atomic E-state index is 0.278. The van der Waals surface area contributed by atoms with Crippen LogP contribution in [0.4, 0.5) is 0 Å². The first-order valence-electron chi connectivity index (χ1n) is 4.21. The van der Waals surface area contributed by atoms with Crippen molar-refractivity contribution in [3.63, 3.8) is 0 Å². The van der Waals surface area contributed by atoms with Crippen molar-refractivity contribution in [3.05, 3.63) is 24.3 Å². The Morgan fingerprint density at radius 2 is 2.27 bits per heavy atom. The standard InChI is InChI=1S/C7H12O.C3H6/c8-6-7-4-2-1-3-5-7;1-3-2/h4,8H,1-3,5-6H2;3H,1H2,2H3. The molecule has 0 bridgehead atoms. The van der Waals surface area contributed by atoms with Crippen molar-refractivity contribution >= 4 is 0 Å². The quantitative estimate of drug-likeness (QED) is 0.576. The Hall–Kier alpha value is -0.560. The fourth-order valence-electron chi connectivity index (χ4n) is 1.05. The van der Waals surface area contributed by atoms with E-state index in [9.17, 15) is 0 Å². The molecular weight excluding hydrogens is 136 g/mol. The SMILES string of the molecule is C=CC.OCC1=CCCCC1. The molecule has 0 spiro atoms. The smallest absolute Gasteiger partial charge is 0.0641 e. The van der Waals surface area contributed by atoms with Gasteiger partial charge in [-0.3, -0.25) is 0 Å². The summed E-state index contributed by atoms with van der Waals surface area (Å²) in [5.41, 5.74) is 1.23. The largest absolute Gasteiger partial charge is 0.392 e. The summed E-state index contributed by atoms with van der Waals surface area (Å²) >= 11 is 0. The third kappa shape index (κ3) is 5.86. The van der Waals surface area contributed by atoms with Gasteiger partial charge >= 0.3 is 0 Å². The second-order valence-corrected chi connectivity index (χ2v) is 2.67. The lowest BCUT2D eigenvalue weighted by Crippen LogP contribution is -1.95. The Kier molecular flexibility index (Phi) is 7.16. The third-order valence-electron chi connectivity index (χ3n) is 1.59. The van der Waals surface area contributed by atoms with Gasteiger partial charge in [-0.05, 0) is 38.2 Å². The van der Waals surface area contributed by atoms with Crippen molar-refractivity contribution in [2.75, 3.05) is 6.61 Å². The van der Waals surface area contributed by atoms with E-state index in [2.05, 4.69) is 12.7 Å². The zero-order chi connectivity index (χ0) is 8.53. The van der Waals surface area contributed by atoms with Gasteiger partial charge in [0.05, 0.1) is 6.61 Å². The molecule has 1 heteroatoms. The summed E-state index contributed by atoms with van der Waals surface area (Å²) in [7, 11) is 0. The molecule has 1 aliphatic rings. The molecule has 64 valence electrons. The van der Waals surface area contributed by atoms with Crippen molar-refractivity contribution in [2.45, 2.75) is 32.6 Å². The van der Waals surface area contributed by atoms with Crippen LogP contribution in [0, 0.1) is 0 Å². The fourth-order valence-corrected chi connectivity index (χ4v) is 1.05. The number of hydrogen-bond acceptors (Lipinski definition) is 1. The Labute approximate surface area is 69.4 Å². The molecule has 0 atom stereocenters. The molecule has 0 aromatic heterocycles.